The van der Waals surface area contributed by atoms with E-state index in [2.05, 4.69) is 31.4 Å². The van der Waals surface area contributed by atoms with Gasteiger partial charge in [-0.3, -0.25) is 0 Å². The van der Waals surface area contributed by atoms with Gasteiger partial charge in [0, 0.05) is 12.1 Å². The summed E-state index contributed by atoms with van der Waals surface area (Å²) in [5, 5.41) is 7.72. The molecule has 0 aromatic heterocycles. The second-order valence-electron chi connectivity index (χ2n) is 5.82. The van der Waals surface area contributed by atoms with Crippen LogP contribution in [0, 0.1) is 5.92 Å². The molecule has 2 N–H and O–H groups in total. The molecule has 2 nitrogen and oxygen atoms in total. The molecule has 100 valence electrons. The minimum atomic E-state index is 0.487. The van der Waals surface area contributed by atoms with Gasteiger partial charge in [-0.2, -0.15) is 0 Å². The zero-order valence-electron chi connectivity index (χ0n) is 11.6. The zero-order chi connectivity index (χ0) is 12.7. The Labute approximate surface area is 112 Å². The van der Waals surface area contributed by atoms with Crippen molar-refractivity contribution in [2.24, 2.45) is 5.92 Å². The summed E-state index contributed by atoms with van der Waals surface area (Å²) >= 11 is 5.37. The Hall–Kier alpha value is -0.310. The van der Waals surface area contributed by atoms with Gasteiger partial charge in [0.15, 0.2) is 5.11 Å². The SMILES string of the molecule is CC(C)CCC(C)NC(=S)NC1CCCCC1. The maximum absolute atomic E-state index is 5.37. The highest BCUT2D eigenvalue weighted by Crippen LogP contribution is 2.17. The van der Waals surface area contributed by atoms with Gasteiger partial charge in [0.1, 0.15) is 0 Å². The van der Waals surface area contributed by atoms with E-state index in [0.717, 1.165) is 11.0 Å². The molecule has 1 atom stereocenters. The molecule has 0 radical (unpaired) electrons. The summed E-state index contributed by atoms with van der Waals surface area (Å²) < 4.78 is 0. The third-order valence-corrected chi connectivity index (χ3v) is 3.73. The normalized spacial score (nSPS) is 19.1. The summed E-state index contributed by atoms with van der Waals surface area (Å²) in [5.74, 6) is 0.777. The molecule has 0 amide bonds. The van der Waals surface area contributed by atoms with Crippen molar-refractivity contribution in [3.63, 3.8) is 0 Å². The van der Waals surface area contributed by atoms with E-state index in [1.165, 1.54) is 44.9 Å². The zero-order valence-corrected chi connectivity index (χ0v) is 12.4. The number of hydrogen-bond acceptors (Lipinski definition) is 1. The highest BCUT2D eigenvalue weighted by atomic mass is 32.1. The van der Waals surface area contributed by atoms with Crippen LogP contribution in [0.15, 0.2) is 0 Å². The van der Waals surface area contributed by atoms with Gasteiger partial charge < -0.3 is 10.6 Å². The van der Waals surface area contributed by atoms with Crippen LogP contribution in [0.1, 0.15) is 65.7 Å². The van der Waals surface area contributed by atoms with Crippen molar-refractivity contribution in [2.75, 3.05) is 0 Å². The first-order valence-corrected chi connectivity index (χ1v) is 7.55. The highest BCUT2D eigenvalue weighted by Gasteiger charge is 2.14. The summed E-state index contributed by atoms with van der Waals surface area (Å²) in [7, 11) is 0. The predicted molar refractivity (Wildman–Crippen MR) is 79.3 cm³/mol. The fourth-order valence-electron chi connectivity index (χ4n) is 2.35. The summed E-state index contributed by atoms with van der Waals surface area (Å²) in [6.07, 6.45) is 9.12. The van der Waals surface area contributed by atoms with E-state index in [4.69, 9.17) is 12.2 Å². The van der Waals surface area contributed by atoms with Gasteiger partial charge in [-0.05, 0) is 50.7 Å². The van der Waals surface area contributed by atoms with Crippen LogP contribution in [-0.2, 0) is 0 Å². The Balaban J connectivity index is 2.14. The van der Waals surface area contributed by atoms with Gasteiger partial charge in [-0.25, -0.2) is 0 Å². The molecule has 17 heavy (non-hydrogen) atoms. The summed E-state index contributed by atoms with van der Waals surface area (Å²) in [6.45, 7) is 6.76. The van der Waals surface area contributed by atoms with Crippen LogP contribution >= 0.6 is 12.2 Å². The average molecular weight is 256 g/mol. The molecule has 3 heteroatoms. The van der Waals surface area contributed by atoms with E-state index in [1.54, 1.807) is 0 Å². The Morgan fingerprint density at radius 2 is 1.76 bits per heavy atom. The largest absolute Gasteiger partial charge is 0.360 e. The second-order valence-corrected chi connectivity index (χ2v) is 6.23. The van der Waals surface area contributed by atoms with Gasteiger partial charge in [0.2, 0.25) is 0 Å². The van der Waals surface area contributed by atoms with Crippen LogP contribution in [0.4, 0.5) is 0 Å². The molecule has 0 saturated heterocycles. The van der Waals surface area contributed by atoms with Crippen molar-refractivity contribution in [1.29, 1.82) is 0 Å². The molecule has 0 heterocycles. The molecular weight excluding hydrogens is 228 g/mol. The standard InChI is InChI=1S/C14H28N2S/c1-11(2)9-10-12(3)15-14(17)16-13-7-5-4-6-8-13/h11-13H,4-10H2,1-3H3,(H2,15,16,17). The number of nitrogens with one attached hydrogen (secondary N) is 2. The van der Waals surface area contributed by atoms with E-state index in [0.29, 0.717) is 12.1 Å². The Morgan fingerprint density at radius 3 is 2.35 bits per heavy atom. The molecule has 1 rings (SSSR count). The Bertz CT molecular complexity index is 222. The quantitative estimate of drug-likeness (QED) is 0.735. The molecule has 1 aliphatic rings. The molecule has 0 aromatic rings. The molecule has 1 aliphatic carbocycles. The van der Waals surface area contributed by atoms with Crippen molar-refractivity contribution in [1.82, 2.24) is 10.6 Å². The summed E-state index contributed by atoms with van der Waals surface area (Å²) in [4.78, 5) is 0. The third kappa shape index (κ3) is 6.87. The molecule has 1 fully saturated rings. The highest BCUT2D eigenvalue weighted by molar-refractivity contribution is 7.80. The van der Waals surface area contributed by atoms with Crippen LogP contribution in [0.3, 0.4) is 0 Å². The van der Waals surface area contributed by atoms with Gasteiger partial charge in [-0.15, -0.1) is 0 Å². The fourth-order valence-corrected chi connectivity index (χ4v) is 2.72. The number of thiocarbonyl (C=S) groups is 1. The maximum Gasteiger partial charge on any atom is 0.166 e. The second kappa shape index (κ2) is 7.91. The summed E-state index contributed by atoms with van der Waals surface area (Å²) in [5.41, 5.74) is 0. The first-order chi connectivity index (χ1) is 8.08. The minimum absolute atomic E-state index is 0.487. The van der Waals surface area contributed by atoms with Gasteiger partial charge >= 0.3 is 0 Å². The lowest BCUT2D eigenvalue weighted by molar-refractivity contribution is 0.408. The van der Waals surface area contributed by atoms with Gasteiger partial charge in [0.25, 0.3) is 0 Å². The van der Waals surface area contributed by atoms with Gasteiger partial charge in [0.05, 0.1) is 0 Å². The first kappa shape index (κ1) is 14.7. The van der Waals surface area contributed by atoms with Crippen LogP contribution in [0.25, 0.3) is 0 Å². The molecule has 0 bridgehead atoms. The summed E-state index contributed by atoms with van der Waals surface area (Å²) in [6, 6.07) is 1.10. The number of rotatable bonds is 5. The monoisotopic (exact) mass is 256 g/mol. The van der Waals surface area contributed by atoms with E-state index < -0.39 is 0 Å². The molecular formula is C14H28N2S. The maximum atomic E-state index is 5.37. The van der Waals surface area contributed by atoms with Crippen LogP contribution in [-0.4, -0.2) is 17.2 Å². The Kier molecular flexibility index (Phi) is 6.86. The van der Waals surface area contributed by atoms with E-state index in [1.807, 2.05) is 0 Å². The molecule has 0 spiro atoms. The Morgan fingerprint density at radius 1 is 1.12 bits per heavy atom. The van der Waals surface area contributed by atoms with Gasteiger partial charge in [-0.1, -0.05) is 33.1 Å². The van der Waals surface area contributed by atoms with Crippen molar-refractivity contribution in [3.05, 3.63) is 0 Å². The topological polar surface area (TPSA) is 24.1 Å². The molecule has 0 aliphatic heterocycles. The molecule has 1 unspecified atom stereocenters. The van der Waals surface area contributed by atoms with Crippen molar-refractivity contribution >= 4 is 17.3 Å². The average Bonchev–Trinajstić information content (AvgIpc) is 2.27. The van der Waals surface area contributed by atoms with Crippen molar-refractivity contribution in [2.45, 2.75) is 77.8 Å². The van der Waals surface area contributed by atoms with E-state index in [9.17, 15) is 0 Å². The van der Waals surface area contributed by atoms with Crippen LogP contribution in [0.5, 0.6) is 0 Å². The number of hydrogen-bond donors (Lipinski definition) is 2. The van der Waals surface area contributed by atoms with E-state index in [-0.39, 0.29) is 0 Å². The lowest BCUT2D eigenvalue weighted by Crippen LogP contribution is -2.45. The first-order valence-electron chi connectivity index (χ1n) is 7.15. The van der Waals surface area contributed by atoms with Crippen molar-refractivity contribution < 1.29 is 0 Å². The van der Waals surface area contributed by atoms with Crippen LogP contribution < -0.4 is 10.6 Å². The third-order valence-electron chi connectivity index (χ3n) is 3.49. The predicted octanol–water partition coefficient (Wildman–Crippen LogP) is 3.61. The van der Waals surface area contributed by atoms with Crippen molar-refractivity contribution in [3.8, 4) is 0 Å². The fraction of sp³-hybridized carbons (Fsp3) is 0.929. The smallest absolute Gasteiger partial charge is 0.166 e. The lowest BCUT2D eigenvalue weighted by Gasteiger charge is -2.26. The molecule has 0 aromatic carbocycles. The van der Waals surface area contributed by atoms with E-state index >= 15 is 0 Å². The minimum Gasteiger partial charge on any atom is -0.360 e. The van der Waals surface area contributed by atoms with Crippen LogP contribution in [0.2, 0.25) is 0 Å². The molecule has 1 saturated carbocycles. The lowest BCUT2D eigenvalue weighted by atomic mass is 9.96.